The van der Waals surface area contributed by atoms with Crippen molar-refractivity contribution in [1.29, 1.82) is 0 Å². The van der Waals surface area contributed by atoms with E-state index in [2.05, 4.69) is 6.92 Å². The molecule has 126 valence electrons. The van der Waals surface area contributed by atoms with Crippen molar-refractivity contribution in [2.45, 2.75) is 39.0 Å². The van der Waals surface area contributed by atoms with Gasteiger partial charge in [0.25, 0.3) is 0 Å². The highest BCUT2D eigenvalue weighted by molar-refractivity contribution is 6.34. The van der Waals surface area contributed by atoms with Gasteiger partial charge in [0.1, 0.15) is 5.75 Å². The van der Waals surface area contributed by atoms with Gasteiger partial charge in [0.05, 0.1) is 6.61 Å². The molecule has 0 atom stereocenters. The average Bonchev–Trinajstić information content (AvgIpc) is 2.47. The maximum atomic E-state index is 11.6. The van der Waals surface area contributed by atoms with E-state index < -0.39 is 11.9 Å². The topological polar surface area (TPSA) is 52.6 Å². The third-order valence-corrected chi connectivity index (χ3v) is 3.34. The minimum atomic E-state index is -0.705. The molecule has 0 aliphatic carbocycles. The fraction of sp³-hybridized carbons (Fsp3) is 0.412. The molecule has 0 saturated heterocycles. The SMILES string of the molecule is CCCCCCCOC(=O)/C=C/C(=O)Oc1cc(Cl)cc(Cl)c1. The van der Waals surface area contributed by atoms with Gasteiger partial charge in [0, 0.05) is 22.2 Å². The molecule has 4 nitrogen and oxygen atoms in total. The summed E-state index contributed by atoms with van der Waals surface area (Å²) >= 11 is 11.6. The number of halogens is 2. The Labute approximate surface area is 146 Å². The number of ether oxygens (including phenoxy) is 2. The number of unbranched alkanes of at least 4 members (excludes halogenated alkanes) is 4. The van der Waals surface area contributed by atoms with E-state index in [1.54, 1.807) is 0 Å². The van der Waals surface area contributed by atoms with Gasteiger partial charge in [-0.15, -0.1) is 0 Å². The first-order chi connectivity index (χ1) is 11.0. The van der Waals surface area contributed by atoms with E-state index in [9.17, 15) is 9.59 Å². The largest absolute Gasteiger partial charge is 0.463 e. The fourth-order valence-corrected chi connectivity index (χ4v) is 2.31. The van der Waals surface area contributed by atoms with Gasteiger partial charge in [0.2, 0.25) is 0 Å². The third-order valence-electron chi connectivity index (χ3n) is 2.90. The number of benzene rings is 1. The molecule has 0 aromatic heterocycles. The molecule has 1 aromatic rings. The van der Waals surface area contributed by atoms with Crippen LogP contribution in [0.4, 0.5) is 0 Å². The van der Waals surface area contributed by atoms with Crippen molar-refractivity contribution in [3.05, 3.63) is 40.4 Å². The van der Waals surface area contributed by atoms with Gasteiger partial charge >= 0.3 is 11.9 Å². The minimum Gasteiger partial charge on any atom is -0.463 e. The maximum absolute atomic E-state index is 11.6. The lowest BCUT2D eigenvalue weighted by Gasteiger charge is -2.03. The minimum absolute atomic E-state index is 0.210. The van der Waals surface area contributed by atoms with Crippen molar-refractivity contribution in [3.8, 4) is 5.75 Å². The van der Waals surface area contributed by atoms with Gasteiger partial charge in [-0.3, -0.25) is 0 Å². The van der Waals surface area contributed by atoms with Crippen LogP contribution < -0.4 is 4.74 Å². The Morgan fingerprint density at radius 3 is 2.22 bits per heavy atom. The molecule has 0 amide bonds. The highest BCUT2D eigenvalue weighted by Gasteiger charge is 2.05. The quantitative estimate of drug-likeness (QED) is 0.270. The highest BCUT2D eigenvalue weighted by Crippen LogP contribution is 2.24. The second-order valence-electron chi connectivity index (χ2n) is 4.94. The number of hydrogen-bond donors (Lipinski definition) is 0. The molecule has 0 aliphatic heterocycles. The van der Waals surface area contributed by atoms with Gasteiger partial charge in [0.15, 0.2) is 0 Å². The summed E-state index contributed by atoms with van der Waals surface area (Å²) in [5, 5.41) is 0.707. The molecular weight excluding hydrogens is 339 g/mol. The summed E-state index contributed by atoms with van der Waals surface area (Å²) < 4.78 is 9.98. The Hall–Kier alpha value is -1.52. The van der Waals surface area contributed by atoms with Gasteiger partial charge < -0.3 is 9.47 Å². The fourth-order valence-electron chi connectivity index (χ4n) is 1.80. The molecule has 0 heterocycles. The number of carbonyl (C=O) groups is 2. The van der Waals surface area contributed by atoms with E-state index in [0.29, 0.717) is 16.7 Å². The lowest BCUT2D eigenvalue weighted by Crippen LogP contribution is -2.07. The van der Waals surface area contributed by atoms with Gasteiger partial charge in [-0.25, -0.2) is 9.59 Å². The van der Waals surface area contributed by atoms with Crippen molar-refractivity contribution >= 4 is 35.1 Å². The Bertz CT molecular complexity index is 535. The summed E-state index contributed by atoms with van der Waals surface area (Å²) in [4.78, 5) is 23.0. The molecule has 23 heavy (non-hydrogen) atoms. The zero-order chi connectivity index (χ0) is 17.1. The van der Waals surface area contributed by atoms with Crippen LogP contribution in [0.1, 0.15) is 39.0 Å². The number of carbonyl (C=O) groups excluding carboxylic acids is 2. The van der Waals surface area contributed by atoms with Gasteiger partial charge in [-0.1, -0.05) is 55.8 Å². The van der Waals surface area contributed by atoms with E-state index in [4.69, 9.17) is 32.7 Å². The second kappa shape index (κ2) is 11.1. The summed E-state index contributed by atoms with van der Waals surface area (Å²) in [5.41, 5.74) is 0. The molecule has 0 unspecified atom stereocenters. The lowest BCUT2D eigenvalue weighted by atomic mass is 10.2. The first-order valence-corrected chi connectivity index (χ1v) is 8.29. The van der Waals surface area contributed by atoms with E-state index in [-0.39, 0.29) is 5.75 Å². The predicted molar refractivity (Wildman–Crippen MR) is 91.0 cm³/mol. The second-order valence-corrected chi connectivity index (χ2v) is 5.81. The van der Waals surface area contributed by atoms with Crippen LogP contribution in [0.3, 0.4) is 0 Å². The Morgan fingerprint density at radius 1 is 0.957 bits per heavy atom. The van der Waals surface area contributed by atoms with Crippen LogP contribution in [0, 0.1) is 0 Å². The van der Waals surface area contributed by atoms with Gasteiger partial charge in [-0.05, 0) is 24.6 Å². The molecule has 0 bridgehead atoms. The maximum Gasteiger partial charge on any atom is 0.336 e. The van der Waals surface area contributed by atoms with Crippen LogP contribution in [-0.4, -0.2) is 18.5 Å². The first kappa shape index (κ1) is 19.5. The van der Waals surface area contributed by atoms with Crippen LogP contribution >= 0.6 is 23.2 Å². The van der Waals surface area contributed by atoms with E-state index in [1.807, 2.05) is 0 Å². The van der Waals surface area contributed by atoms with Crippen molar-refractivity contribution in [3.63, 3.8) is 0 Å². The molecule has 0 fully saturated rings. The molecule has 0 saturated carbocycles. The normalized spacial score (nSPS) is 10.7. The zero-order valence-electron chi connectivity index (χ0n) is 13.0. The number of rotatable bonds is 9. The molecular formula is C17H20Cl2O4. The molecule has 0 radical (unpaired) electrons. The van der Waals surface area contributed by atoms with Crippen LogP contribution in [0.5, 0.6) is 5.75 Å². The summed E-state index contributed by atoms with van der Waals surface area (Å²) in [6, 6.07) is 4.43. The molecule has 0 aliphatic rings. The van der Waals surface area contributed by atoms with Crippen LogP contribution in [-0.2, 0) is 14.3 Å². The number of hydrogen-bond acceptors (Lipinski definition) is 4. The standard InChI is InChI=1S/C17H20Cl2O4/c1-2-3-4-5-6-9-22-16(20)7-8-17(21)23-15-11-13(18)10-14(19)12-15/h7-8,10-12H,2-6,9H2,1H3/b8-7+. The number of esters is 2. The molecule has 1 aromatic carbocycles. The zero-order valence-corrected chi connectivity index (χ0v) is 14.5. The van der Waals surface area contributed by atoms with Crippen molar-refractivity contribution in [2.24, 2.45) is 0 Å². The van der Waals surface area contributed by atoms with E-state index >= 15 is 0 Å². The van der Waals surface area contributed by atoms with Crippen molar-refractivity contribution in [2.75, 3.05) is 6.61 Å². The molecule has 1 rings (SSSR count). The lowest BCUT2D eigenvalue weighted by molar-refractivity contribution is -0.138. The Kier molecular flexibility index (Phi) is 9.41. The van der Waals surface area contributed by atoms with Crippen molar-refractivity contribution < 1.29 is 19.1 Å². The summed E-state index contributed by atoms with van der Waals surface area (Å²) in [6.07, 6.45) is 7.40. The Balaban J connectivity index is 2.29. The summed E-state index contributed by atoms with van der Waals surface area (Å²) in [7, 11) is 0. The van der Waals surface area contributed by atoms with Crippen LogP contribution in [0.2, 0.25) is 10.0 Å². The predicted octanol–water partition coefficient (Wildman–Crippen LogP) is 4.97. The highest BCUT2D eigenvalue weighted by atomic mass is 35.5. The van der Waals surface area contributed by atoms with Gasteiger partial charge in [-0.2, -0.15) is 0 Å². The Morgan fingerprint density at radius 2 is 1.57 bits per heavy atom. The molecule has 0 spiro atoms. The average molecular weight is 359 g/mol. The third kappa shape index (κ3) is 9.26. The monoisotopic (exact) mass is 358 g/mol. The summed E-state index contributed by atoms with van der Waals surface area (Å²) in [5.74, 6) is -1.06. The molecule has 6 heteroatoms. The van der Waals surface area contributed by atoms with Crippen molar-refractivity contribution in [1.82, 2.24) is 0 Å². The smallest absolute Gasteiger partial charge is 0.336 e. The van der Waals surface area contributed by atoms with Crippen LogP contribution in [0.15, 0.2) is 30.4 Å². The van der Waals surface area contributed by atoms with Crippen LogP contribution in [0.25, 0.3) is 0 Å². The summed E-state index contributed by atoms with van der Waals surface area (Å²) in [6.45, 7) is 2.49. The first-order valence-electron chi connectivity index (χ1n) is 7.54. The van der Waals surface area contributed by atoms with E-state index in [0.717, 1.165) is 31.4 Å². The molecule has 0 N–H and O–H groups in total. The van der Waals surface area contributed by atoms with E-state index in [1.165, 1.54) is 31.0 Å².